The van der Waals surface area contributed by atoms with Gasteiger partial charge in [-0.15, -0.1) is 0 Å². The molecule has 105 heavy (non-hydrogen) atoms. The predicted octanol–water partition coefficient (Wildman–Crippen LogP) is -1.77. The first-order valence-corrected chi connectivity index (χ1v) is 34.6. The van der Waals surface area contributed by atoms with Crippen molar-refractivity contribution in [1.29, 1.82) is 0 Å². The number of carbonyl (C=O) groups excluding carboxylic acids is 13. The van der Waals surface area contributed by atoms with Crippen molar-refractivity contribution in [2.45, 2.75) is 187 Å². The molecular weight excluding hydrogens is 1360 g/mol. The summed E-state index contributed by atoms with van der Waals surface area (Å²) in [6.45, 7) is 14.0. The second kappa shape index (κ2) is 41.0. The fourth-order valence-corrected chi connectivity index (χ4v) is 10.9. The van der Waals surface area contributed by atoms with Crippen molar-refractivity contribution in [1.82, 2.24) is 78.4 Å². The minimum atomic E-state index is -1.78. The fourth-order valence-electron chi connectivity index (χ4n) is 10.9. The second-order valence-electron chi connectivity index (χ2n) is 26.8. The summed E-state index contributed by atoms with van der Waals surface area (Å²) in [5.41, 5.74) is 20.0. The highest BCUT2D eigenvalue weighted by molar-refractivity contribution is 6.00. The number of imidazole rings is 2. The summed E-state index contributed by atoms with van der Waals surface area (Å²) in [5, 5.41) is 58.4. The Balaban J connectivity index is 1.26. The number of H-pyrrole nitrogens is 2. The molecule has 5 aromatic rings. The molecule has 0 saturated carbocycles. The van der Waals surface area contributed by atoms with Crippen LogP contribution in [-0.4, -0.2) is 185 Å². The van der Waals surface area contributed by atoms with Gasteiger partial charge in [0.25, 0.3) is 0 Å². The number of rotatable bonds is 42. The number of aromatic hydroxyl groups is 3. The van der Waals surface area contributed by atoms with E-state index in [1.54, 1.807) is 55.4 Å². The minimum Gasteiger partial charge on any atom is -0.508 e. The van der Waals surface area contributed by atoms with Gasteiger partial charge in [-0.3, -0.25) is 62.3 Å². The molecule has 2 aromatic heterocycles. The lowest BCUT2D eigenvalue weighted by atomic mass is 9.96. The molecule has 0 fully saturated rings. The second-order valence-corrected chi connectivity index (χ2v) is 26.8. The summed E-state index contributed by atoms with van der Waals surface area (Å²) in [6, 6.07) is 2.01. The number of hydrogen-bond donors (Lipinski definition) is 19. The smallest absolute Gasteiger partial charge is 0.243 e. The molecule has 0 unspecified atom stereocenters. The number of aromatic nitrogens is 4. The number of primary amides is 2. The van der Waals surface area contributed by atoms with Gasteiger partial charge in [-0.25, -0.2) is 9.97 Å². The summed E-state index contributed by atoms with van der Waals surface area (Å²) >= 11 is 0. The monoisotopic (exact) mass is 1460 g/mol. The first-order chi connectivity index (χ1) is 49.6. The maximum Gasteiger partial charge on any atom is 0.243 e. The summed E-state index contributed by atoms with van der Waals surface area (Å²) in [6.07, 6.45) is 5.12. The summed E-state index contributed by atoms with van der Waals surface area (Å²) in [4.78, 5) is 194. The maximum absolute atomic E-state index is 14.5. The van der Waals surface area contributed by atoms with Crippen LogP contribution in [0.2, 0.25) is 0 Å². The molecule has 13 amide bonds. The fraction of sp³-hybridized carbons (Fsp3) is 0.479. The standard InChI is InChI=1S/C71H100N18O16/c1-10-38(7)59(70(104)81-50(61(74)95)25-41-12-18-46(90)19-13-41)88-67(101)53(27-43-16-22-48(92)23-17-43)84-66(100)55(30-56(73)93)86-69(103)58(37(5)6)87-62(96)40(9)80-57(94)33-77-64(98)51(24-36(3)4)83-65(99)52(26-42-14-20-47(91)21-15-42)85-71(105)60(39(8)11-2)89-68(102)54(29-45-32-76-35-79-45)82-63(97)49(72)28-44-31-75-34-78-44/h12-23,31-32,34-40,49-55,58-60,90-92H,10-11,24-30,33,72H2,1-9H3,(H2,73,93)(H2,74,95)(H,75,78)(H,76,79)(H,77,98)(H,80,94)(H,81,104)(H,82,97)(H,83,99)(H,84,100)(H,85,105)(H,86,103)(H,87,96)(H,88,101)(H,89,102)/t38-,39-,40-,49-,50-,51-,52-,53-,54-,55-,58-,59-,60-/m0/s1. The quantitative estimate of drug-likeness (QED) is 0.0206. The molecule has 0 saturated heterocycles. The van der Waals surface area contributed by atoms with Gasteiger partial charge in [0, 0.05) is 55.9 Å². The third-order valence-corrected chi connectivity index (χ3v) is 17.4. The van der Waals surface area contributed by atoms with Crippen LogP contribution in [0.25, 0.3) is 0 Å². The lowest BCUT2D eigenvalue weighted by Gasteiger charge is -2.29. The number of phenols is 3. The Hall–Kier alpha value is -11.5. The van der Waals surface area contributed by atoms with Crippen LogP contribution in [0.4, 0.5) is 0 Å². The van der Waals surface area contributed by atoms with Crippen molar-refractivity contribution in [3.63, 3.8) is 0 Å². The zero-order valence-corrected chi connectivity index (χ0v) is 60.2. The van der Waals surface area contributed by atoms with Crippen molar-refractivity contribution in [3.8, 4) is 17.2 Å². The predicted molar refractivity (Wildman–Crippen MR) is 382 cm³/mol. The summed E-state index contributed by atoms with van der Waals surface area (Å²) in [5.74, 6) is -13.9. The van der Waals surface area contributed by atoms with Gasteiger partial charge in [-0.2, -0.15) is 0 Å². The largest absolute Gasteiger partial charge is 0.508 e. The van der Waals surface area contributed by atoms with Crippen LogP contribution in [0.15, 0.2) is 97.8 Å². The Morgan fingerprint density at radius 2 is 0.790 bits per heavy atom. The number of benzene rings is 3. The number of nitrogens with zero attached hydrogens (tertiary/aromatic N) is 2. The molecule has 3 aromatic carbocycles. The van der Waals surface area contributed by atoms with Gasteiger partial charge < -0.3 is 101 Å². The lowest BCUT2D eigenvalue weighted by Crippen LogP contribution is -2.61. The highest BCUT2D eigenvalue weighted by atomic mass is 16.3. The van der Waals surface area contributed by atoms with Gasteiger partial charge in [-0.05, 0) is 90.1 Å². The topological polar surface area (TPSA) is 550 Å². The molecule has 570 valence electrons. The minimum absolute atomic E-state index is 0.0139. The third-order valence-electron chi connectivity index (χ3n) is 17.4. The van der Waals surface area contributed by atoms with E-state index >= 15 is 0 Å². The van der Waals surface area contributed by atoms with Crippen molar-refractivity contribution < 1.29 is 77.6 Å². The number of aromatic amines is 2. The highest BCUT2D eigenvalue weighted by Crippen LogP contribution is 2.19. The average molecular weight is 1460 g/mol. The molecule has 0 aliphatic carbocycles. The highest BCUT2D eigenvalue weighted by Gasteiger charge is 2.38. The summed E-state index contributed by atoms with van der Waals surface area (Å²) in [7, 11) is 0. The molecular formula is C71H100N18O16. The van der Waals surface area contributed by atoms with Crippen LogP contribution in [0.3, 0.4) is 0 Å². The molecule has 5 rings (SSSR count). The Bertz CT molecular complexity index is 3750. The van der Waals surface area contributed by atoms with Crippen LogP contribution in [0.1, 0.15) is 116 Å². The molecule has 0 spiro atoms. The number of nitrogens with one attached hydrogen (secondary N) is 13. The lowest BCUT2D eigenvalue weighted by molar-refractivity contribution is -0.137. The molecule has 0 aliphatic rings. The number of amides is 13. The van der Waals surface area contributed by atoms with Gasteiger partial charge >= 0.3 is 0 Å². The van der Waals surface area contributed by atoms with Gasteiger partial charge in [0.15, 0.2) is 0 Å². The SMILES string of the molecule is CC[C@H](C)[C@H](NC(=O)[C@H](Cc1ccc(O)cc1)NC(=O)[C@H](CC(N)=O)NC(=O)[C@@H](NC(=O)[C@H](C)NC(=O)CNC(=O)[C@H](CC(C)C)NC(=O)[C@H](Cc1ccc(O)cc1)NC(=O)[C@@H](NC(=O)[C@H](Cc1cnc[nH]1)NC(=O)[C@@H](N)Cc1cnc[nH]1)[C@@H](C)CC)C(C)C)C(=O)N[C@@H](Cc1ccc(O)cc1)C(N)=O. The van der Waals surface area contributed by atoms with Crippen LogP contribution in [0, 0.1) is 23.7 Å². The molecule has 34 nitrogen and oxygen atoms in total. The first-order valence-electron chi connectivity index (χ1n) is 34.6. The maximum atomic E-state index is 14.5. The van der Waals surface area contributed by atoms with E-state index in [1.807, 2.05) is 0 Å². The van der Waals surface area contributed by atoms with Crippen LogP contribution >= 0.6 is 0 Å². The van der Waals surface area contributed by atoms with Crippen molar-refractivity contribution in [3.05, 3.63) is 126 Å². The van der Waals surface area contributed by atoms with Crippen molar-refractivity contribution >= 4 is 76.8 Å². The third kappa shape index (κ3) is 27.7. The van der Waals surface area contributed by atoms with E-state index in [0.717, 1.165) is 0 Å². The van der Waals surface area contributed by atoms with Crippen LogP contribution in [0.5, 0.6) is 17.2 Å². The van der Waals surface area contributed by atoms with E-state index in [0.29, 0.717) is 40.9 Å². The first kappa shape index (κ1) is 84.2. The van der Waals surface area contributed by atoms with E-state index in [-0.39, 0.29) is 61.7 Å². The molecule has 13 atom stereocenters. The number of carbonyl (C=O) groups is 13. The Morgan fingerprint density at radius 3 is 1.21 bits per heavy atom. The van der Waals surface area contributed by atoms with E-state index in [4.69, 9.17) is 17.2 Å². The van der Waals surface area contributed by atoms with E-state index in [2.05, 4.69) is 78.4 Å². The zero-order chi connectivity index (χ0) is 77.8. The molecule has 34 heteroatoms. The molecule has 0 bridgehead atoms. The number of phenolic OH excluding ortho intramolecular Hbond substituents is 3. The van der Waals surface area contributed by atoms with Gasteiger partial charge in [-0.1, -0.05) is 105 Å². The zero-order valence-electron chi connectivity index (χ0n) is 60.2. The van der Waals surface area contributed by atoms with Crippen molar-refractivity contribution in [2.75, 3.05) is 6.54 Å². The molecule has 22 N–H and O–H groups in total. The van der Waals surface area contributed by atoms with Gasteiger partial charge in [0.2, 0.25) is 76.8 Å². The van der Waals surface area contributed by atoms with Gasteiger partial charge in [0.1, 0.15) is 77.7 Å². The average Bonchev–Trinajstić information content (AvgIpc) is 1.18. The molecule has 0 aliphatic heterocycles. The number of hydrogen-bond acceptors (Lipinski definition) is 19. The Morgan fingerprint density at radius 1 is 0.419 bits per heavy atom. The summed E-state index contributed by atoms with van der Waals surface area (Å²) < 4.78 is 0. The normalized spacial score (nSPS) is 14.9. The molecule has 2 heterocycles. The van der Waals surface area contributed by atoms with E-state index in [1.165, 1.54) is 105 Å². The van der Waals surface area contributed by atoms with E-state index < -0.39 is 174 Å². The van der Waals surface area contributed by atoms with Gasteiger partial charge in [0.05, 0.1) is 31.7 Å². The van der Waals surface area contributed by atoms with Crippen LogP contribution < -0.4 is 75.7 Å². The number of nitrogens with two attached hydrogens (primary N) is 3. The Labute approximate surface area is 607 Å². The van der Waals surface area contributed by atoms with E-state index in [9.17, 15) is 77.6 Å². The Kier molecular flexibility index (Phi) is 32.9. The van der Waals surface area contributed by atoms with Crippen LogP contribution in [-0.2, 0) is 94.4 Å². The van der Waals surface area contributed by atoms with Crippen molar-refractivity contribution in [2.24, 2.45) is 40.9 Å². The molecule has 0 radical (unpaired) electrons.